The molecule has 3 N–H and O–H groups in total. The zero-order chi connectivity index (χ0) is 22.7. The first-order valence-electron chi connectivity index (χ1n) is 10.5. The molecule has 0 atom stereocenters. The highest BCUT2D eigenvalue weighted by Gasteiger charge is 2.24. The van der Waals surface area contributed by atoms with Gasteiger partial charge in [-0.1, -0.05) is 13.3 Å². The number of anilines is 2. The topological polar surface area (TPSA) is 106 Å². The fraction of sp³-hybridized carbons (Fsp3) is 0.348. The van der Waals surface area contributed by atoms with Gasteiger partial charge in [0.25, 0.3) is 11.5 Å². The van der Waals surface area contributed by atoms with Crippen molar-refractivity contribution in [2.24, 2.45) is 0 Å². The lowest BCUT2D eigenvalue weighted by molar-refractivity contribution is 0.0988. The maximum absolute atomic E-state index is 13.2. The summed E-state index contributed by atoms with van der Waals surface area (Å²) in [6.45, 7) is 8.41. The second-order valence-electron chi connectivity index (χ2n) is 7.55. The number of nitrogen functional groups attached to an aromatic ring is 1. The molecule has 2 aromatic heterocycles. The number of rotatable bonds is 7. The minimum absolute atomic E-state index is 0.00405. The summed E-state index contributed by atoms with van der Waals surface area (Å²) in [6, 6.07) is 11.3. The Labute approximate surface area is 180 Å². The highest BCUT2D eigenvalue weighted by molar-refractivity contribution is 6.07. The zero-order valence-electron chi connectivity index (χ0n) is 18.4. The Bertz CT molecular complexity index is 1180. The average Bonchev–Trinajstić information content (AvgIpc) is 3.08. The summed E-state index contributed by atoms with van der Waals surface area (Å²) in [5, 5.41) is 0. The van der Waals surface area contributed by atoms with Crippen LogP contribution in [0.4, 0.5) is 11.5 Å². The van der Waals surface area contributed by atoms with Gasteiger partial charge in [-0.05, 0) is 63.6 Å². The van der Waals surface area contributed by atoms with Gasteiger partial charge in [-0.2, -0.15) is 0 Å². The lowest BCUT2D eigenvalue weighted by Crippen LogP contribution is -2.41. The van der Waals surface area contributed by atoms with E-state index in [2.05, 4.69) is 9.55 Å². The summed E-state index contributed by atoms with van der Waals surface area (Å²) in [4.78, 5) is 41.6. The molecule has 0 fully saturated rings. The monoisotopic (exact) mass is 423 g/mol. The number of benzene rings is 1. The fourth-order valence-corrected chi connectivity index (χ4v) is 3.76. The van der Waals surface area contributed by atoms with Crippen molar-refractivity contribution in [2.75, 3.05) is 17.2 Å². The molecule has 0 aliphatic heterocycles. The number of aromatic nitrogens is 3. The predicted molar refractivity (Wildman–Crippen MR) is 123 cm³/mol. The molecular weight excluding hydrogens is 394 g/mol. The summed E-state index contributed by atoms with van der Waals surface area (Å²) in [5.74, 6) is -0.347. The van der Waals surface area contributed by atoms with Crippen molar-refractivity contribution in [1.29, 1.82) is 0 Å². The van der Waals surface area contributed by atoms with Gasteiger partial charge in [-0.15, -0.1) is 0 Å². The molecule has 164 valence electrons. The van der Waals surface area contributed by atoms with Gasteiger partial charge in [0.1, 0.15) is 5.82 Å². The Morgan fingerprint density at radius 2 is 1.65 bits per heavy atom. The minimum atomic E-state index is -0.666. The molecule has 1 amide bonds. The van der Waals surface area contributed by atoms with Crippen LogP contribution in [0.3, 0.4) is 0 Å². The van der Waals surface area contributed by atoms with Crippen LogP contribution in [0.1, 0.15) is 48.4 Å². The number of carbonyl (C=O) groups excluding carboxylic acids is 1. The Balaban J connectivity index is 1.99. The van der Waals surface area contributed by atoms with E-state index >= 15 is 0 Å². The summed E-state index contributed by atoms with van der Waals surface area (Å²) in [7, 11) is 0. The molecule has 2 heterocycles. The van der Waals surface area contributed by atoms with Crippen molar-refractivity contribution >= 4 is 17.4 Å². The van der Waals surface area contributed by atoms with Gasteiger partial charge in [0.15, 0.2) is 5.69 Å². The normalized spacial score (nSPS) is 11.0. The maximum Gasteiger partial charge on any atom is 0.330 e. The largest absolute Gasteiger partial charge is 0.383 e. The van der Waals surface area contributed by atoms with Crippen LogP contribution in [-0.2, 0) is 6.54 Å². The second kappa shape index (κ2) is 9.07. The molecule has 0 unspecified atom stereocenters. The summed E-state index contributed by atoms with van der Waals surface area (Å²) in [5.41, 5.74) is 8.53. The highest BCUT2D eigenvalue weighted by atomic mass is 16.2. The van der Waals surface area contributed by atoms with E-state index in [1.54, 1.807) is 19.1 Å². The van der Waals surface area contributed by atoms with Gasteiger partial charge in [0.2, 0.25) is 0 Å². The number of aromatic amines is 1. The van der Waals surface area contributed by atoms with E-state index in [9.17, 15) is 14.4 Å². The Kier molecular flexibility index (Phi) is 6.48. The second-order valence-corrected chi connectivity index (χ2v) is 7.55. The number of nitrogens with one attached hydrogen (secondary N) is 1. The lowest BCUT2D eigenvalue weighted by Gasteiger charge is -2.23. The molecule has 0 spiro atoms. The van der Waals surface area contributed by atoms with Gasteiger partial charge in [-0.3, -0.25) is 19.1 Å². The third-order valence-electron chi connectivity index (χ3n) is 5.42. The third kappa shape index (κ3) is 4.19. The Hall–Kier alpha value is -3.55. The summed E-state index contributed by atoms with van der Waals surface area (Å²) in [6.07, 6.45) is 1.60. The fourth-order valence-electron chi connectivity index (χ4n) is 3.76. The van der Waals surface area contributed by atoms with E-state index in [1.807, 2.05) is 45.0 Å². The first-order valence-corrected chi connectivity index (χ1v) is 10.5. The van der Waals surface area contributed by atoms with Crippen molar-refractivity contribution in [2.45, 2.75) is 47.1 Å². The van der Waals surface area contributed by atoms with Crippen molar-refractivity contribution in [3.05, 3.63) is 74.2 Å². The van der Waals surface area contributed by atoms with E-state index in [0.717, 1.165) is 29.9 Å². The van der Waals surface area contributed by atoms with Gasteiger partial charge in [0.05, 0.1) is 0 Å². The standard InChI is InChI=1S/C23H29N5O3/c1-5-7-14-27-20(24)19(21(29)25-23(27)31)26(6-2)22(30)17-10-12-18(13-11-17)28-15(3)8-9-16(28)4/h8-13H,5-7,14,24H2,1-4H3,(H,25,29,31). The number of nitrogens with two attached hydrogens (primary N) is 1. The van der Waals surface area contributed by atoms with E-state index in [4.69, 9.17) is 5.73 Å². The number of unbranched alkanes of at least 4 members (excludes halogenated alkanes) is 1. The molecule has 0 radical (unpaired) electrons. The van der Waals surface area contributed by atoms with Crippen LogP contribution in [0, 0.1) is 13.8 Å². The van der Waals surface area contributed by atoms with Crippen LogP contribution in [0.2, 0.25) is 0 Å². The highest BCUT2D eigenvalue weighted by Crippen LogP contribution is 2.21. The van der Waals surface area contributed by atoms with Gasteiger partial charge >= 0.3 is 5.69 Å². The van der Waals surface area contributed by atoms with E-state index < -0.39 is 11.2 Å². The van der Waals surface area contributed by atoms with Crippen LogP contribution in [0.25, 0.3) is 5.69 Å². The average molecular weight is 424 g/mol. The first kappa shape index (κ1) is 22.1. The number of carbonyl (C=O) groups is 1. The summed E-state index contributed by atoms with van der Waals surface area (Å²) < 4.78 is 3.41. The predicted octanol–water partition coefficient (Wildman–Crippen LogP) is 2.99. The molecule has 31 heavy (non-hydrogen) atoms. The van der Waals surface area contributed by atoms with E-state index in [-0.39, 0.29) is 24.0 Å². The van der Waals surface area contributed by atoms with E-state index in [1.165, 1.54) is 9.47 Å². The summed E-state index contributed by atoms with van der Waals surface area (Å²) >= 11 is 0. The quantitative estimate of drug-likeness (QED) is 0.609. The van der Waals surface area contributed by atoms with Crippen LogP contribution in [-0.4, -0.2) is 26.6 Å². The molecule has 3 rings (SSSR count). The number of hydrogen-bond acceptors (Lipinski definition) is 4. The van der Waals surface area contributed by atoms with Crippen LogP contribution in [0.15, 0.2) is 46.0 Å². The molecule has 1 aromatic carbocycles. The molecule has 0 bridgehead atoms. The number of aryl methyl sites for hydroxylation is 2. The first-order chi connectivity index (χ1) is 14.8. The maximum atomic E-state index is 13.2. The molecule has 0 saturated carbocycles. The van der Waals surface area contributed by atoms with Crippen LogP contribution < -0.4 is 21.9 Å². The molecule has 0 aliphatic rings. The Morgan fingerprint density at radius 3 is 2.19 bits per heavy atom. The SMILES string of the molecule is CCCCn1c(N)c(N(CC)C(=O)c2ccc(-n3c(C)ccc3C)cc2)c(=O)[nH]c1=O. The number of H-pyrrole nitrogens is 1. The van der Waals surface area contributed by atoms with Gasteiger partial charge in [-0.25, -0.2) is 4.79 Å². The molecule has 0 saturated heterocycles. The van der Waals surface area contributed by atoms with Crippen LogP contribution in [0.5, 0.6) is 0 Å². The van der Waals surface area contributed by atoms with E-state index in [0.29, 0.717) is 12.1 Å². The lowest BCUT2D eigenvalue weighted by atomic mass is 10.1. The van der Waals surface area contributed by atoms with Crippen molar-refractivity contribution < 1.29 is 4.79 Å². The van der Waals surface area contributed by atoms with Gasteiger partial charge in [0, 0.05) is 35.7 Å². The molecule has 8 heteroatoms. The molecule has 0 aliphatic carbocycles. The number of amides is 1. The van der Waals surface area contributed by atoms with Crippen LogP contribution >= 0.6 is 0 Å². The number of nitrogens with zero attached hydrogens (tertiary/aromatic N) is 3. The smallest absolute Gasteiger partial charge is 0.330 e. The third-order valence-corrected chi connectivity index (χ3v) is 5.42. The number of hydrogen-bond donors (Lipinski definition) is 2. The molecular formula is C23H29N5O3. The van der Waals surface area contributed by atoms with Crippen molar-refractivity contribution in [3.8, 4) is 5.69 Å². The minimum Gasteiger partial charge on any atom is -0.383 e. The van der Waals surface area contributed by atoms with Crippen molar-refractivity contribution in [3.63, 3.8) is 0 Å². The van der Waals surface area contributed by atoms with Gasteiger partial charge < -0.3 is 15.2 Å². The van der Waals surface area contributed by atoms with Crippen molar-refractivity contribution in [1.82, 2.24) is 14.1 Å². The molecule has 3 aromatic rings. The zero-order valence-corrected chi connectivity index (χ0v) is 18.4. The Morgan fingerprint density at radius 1 is 1.03 bits per heavy atom. The molecule has 8 nitrogen and oxygen atoms in total.